The average molecular weight is 303 g/mol. The summed E-state index contributed by atoms with van der Waals surface area (Å²) in [6, 6.07) is 5.60. The summed E-state index contributed by atoms with van der Waals surface area (Å²) in [5.74, 6) is 1.19. The van der Waals surface area contributed by atoms with Crippen molar-refractivity contribution in [3.8, 4) is 0 Å². The van der Waals surface area contributed by atoms with E-state index in [0.29, 0.717) is 23.3 Å². The van der Waals surface area contributed by atoms with Gasteiger partial charge in [-0.25, -0.2) is 0 Å². The van der Waals surface area contributed by atoms with E-state index in [1.54, 1.807) is 6.92 Å². The van der Waals surface area contributed by atoms with E-state index in [4.69, 9.17) is 16.1 Å². The maximum Gasteiger partial charge on any atom is 0.223 e. The Hall–Kier alpha value is -1.07. The number of hydrogen-bond donors (Lipinski definition) is 1. The lowest BCUT2D eigenvalue weighted by Crippen LogP contribution is -2.01. The fourth-order valence-electron chi connectivity index (χ4n) is 1.20. The molecule has 84 valence electrons. The second-order valence-corrected chi connectivity index (χ2v) is 4.47. The summed E-state index contributed by atoms with van der Waals surface area (Å²) in [7, 11) is 0. The van der Waals surface area contributed by atoms with Gasteiger partial charge in [0, 0.05) is 17.1 Å². The quantitative estimate of drug-likeness (QED) is 0.944. The topological polar surface area (TPSA) is 51.0 Å². The van der Waals surface area contributed by atoms with Crippen LogP contribution >= 0.6 is 27.5 Å². The number of aryl methyl sites for hydroxylation is 1. The molecular formula is C10H9BrClN3O. The van der Waals surface area contributed by atoms with Gasteiger partial charge >= 0.3 is 0 Å². The van der Waals surface area contributed by atoms with Crippen LogP contribution in [0.5, 0.6) is 0 Å². The summed E-state index contributed by atoms with van der Waals surface area (Å²) in [5, 5.41) is 7.63. The summed E-state index contributed by atoms with van der Waals surface area (Å²) >= 11 is 9.24. The Balaban J connectivity index is 2.02. The van der Waals surface area contributed by atoms with Gasteiger partial charge in [0.15, 0.2) is 5.82 Å². The molecule has 0 amide bonds. The van der Waals surface area contributed by atoms with E-state index < -0.39 is 0 Å². The molecule has 0 bridgehead atoms. The monoisotopic (exact) mass is 301 g/mol. The highest BCUT2D eigenvalue weighted by Gasteiger charge is 2.03. The number of nitrogens with one attached hydrogen (secondary N) is 1. The number of benzene rings is 1. The van der Waals surface area contributed by atoms with E-state index in [2.05, 4.69) is 31.4 Å². The van der Waals surface area contributed by atoms with E-state index in [-0.39, 0.29) is 0 Å². The fourth-order valence-corrected chi connectivity index (χ4v) is 1.70. The van der Waals surface area contributed by atoms with E-state index >= 15 is 0 Å². The molecule has 4 nitrogen and oxygen atoms in total. The van der Waals surface area contributed by atoms with Gasteiger partial charge in [-0.2, -0.15) is 4.98 Å². The predicted molar refractivity (Wildman–Crippen MR) is 65.5 cm³/mol. The molecule has 0 aliphatic rings. The van der Waals surface area contributed by atoms with Crippen LogP contribution in [0.1, 0.15) is 11.7 Å². The zero-order chi connectivity index (χ0) is 11.5. The lowest BCUT2D eigenvalue weighted by Gasteiger charge is -2.04. The molecule has 0 radical (unpaired) electrons. The molecule has 2 aromatic rings. The molecule has 2 rings (SSSR count). The van der Waals surface area contributed by atoms with Gasteiger partial charge in [-0.15, -0.1) is 0 Å². The zero-order valence-corrected chi connectivity index (χ0v) is 10.8. The van der Waals surface area contributed by atoms with Gasteiger partial charge in [-0.05, 0) is 34.1 Å². The molecule has 0 aliphatic carbocycles. The lowest BCUT2D eigenvalue weighted by atomic mass is 10.3. The molecule has 16 heavy (non-hydrogen) atoms. The second-order valence-electron chi connectivity index (χ2n) is 3.21. The third-order valence-electron chi connectivity index (χ3n) is 1.94. The standard InChI is InChI=1S/C10H9BrClN3O/c1-6-14-10(15-16-6)5-13-7-2-3-9(12)8(11)4-7/h2-4,13H,5H2,1H3. The van der Waals surface area contributed by atoms with Crippen LogP contribution in [0.4, 0.5) is 5.69 Å². The van der Waals surface area contributed by atoms with Crippen LogP contribution in [0.2, 0.25) is 5.02 Å². The molecule has 0 atom stereocenters. The van der Waals surface area contributed by atoms with Crippen LogP contribution < -0.4 is 5.32 Å². The Morgan fingerprint density at radius 3 is 2.94 bits per heavy atom. The first-order valence-corrected chi connectivity index (χ1v) is 5.80. The van der Waals surface area contributed by atoms with Crippen LogP contribution in [0.15, 0.2) is 27.2 Å². The molecule has 0 aliphatic heterocycles. The predicted octanol–water partition coefficient (Wildman–Crippen LogP) is 3.41. The van der Waals surface area contributed by atoms with E-state index in [1.165, 1.54) is 0 Å². The molecule has 1 aromatic heterocycles. The van der Waals surface area contributed by atoms with Gasteiger partial charge in [0.25, 0.3) is 0 Å². The Morgan fingerprint density at radius 1 is 1.50 bits per heavy atom. The highest BCUT2D eigenvalue weighted by molar-refractivity contribution is 9.10. The molecule has 0 saturated carbocycles. The van der Waals surface area contributed by atoms with E-state index in [9.17, 15) is 0 Å². The Bertz CT molecular complexity index is 501. The summed E-state index contributed by atoms with van der Waals surface area (Å²) in [6.07, 6.45) is 0. The van der Waals surface area contributed by atoms with Crippen LogP contribution in [0.25, 0.3) is 0 Å². The van der Waals surface area contributed by atoms with Gasteiger partial charge in [0.2, 0.25) is 5.89 Å². The van der Waals surface area contributed by atoms with Crippen molar-refractivity contribution in [2.45, 2.75) is 13.5 Å². The maximum absolute atomic E-state index is 5.89. The second kappa shape index (κ2) is 4.84. The molecule has 0 unspecified atom stereocenters. The number of halogens is 2. The number of aromatic nitrogens is 2. The molecule has 0 saturated heterocycles. The SMILES string of the molecule is Cc1nc(CNc2ccc(Cl)c(Br)c2)no1. The van der Waals surface area contributed by atoms with Crippen molar-refractivity contribution < 1.29 is 4.52 Å². The fraction of sp³-hybridized carbons (Fsp3) is 0.200. The molecule has 6 heteroatoms. The summed E-state index contributed by atoms with van der Waals surface area (Å²) in [5.41, 5.74) is 0.943. The van der Waals surface area contributed by atoms with Crippen molar-refractivity contribution in [3.05, 3.63) is 39.4 Å². The first-order valence-electron chi connectivity index (χ1n) is 4.63. The smallest absolute Gasteiger partial charge is 0.223 e. The largest absolute Gasteiger partial charge is 0.378 e. The molecule has 1 N–H and O–H groups in total. The van der Waals surface area contributed by atoms with Crippen LogP contribution in [-0.2, 0) is 6.54 Å². The zero-order valence-electron chi connectivity index (χ0n) is 8.50. The minimum atomic E-state index is 0.519. The Morgan fingerprint density at radius 2 is 2.31 bits per heavy atom. The number of anilines is 1. The molecule has 0 fully saturated rings. The van der Waals surface area contributed by atoms with Crippen molar-refractivity contribution >= 4 is 33.2 Å². The third kappa shape index (κ3) is 2.74. The van der Waals surface area contributed by atoms with Crippen LogP contribution in [-0.4, -0.2) is 10.1 Å². The van der Waals surface area contributed by atoms with Crippen molar-refractivity contribution in [2.24, 2.45) is 0 Å². The van der Waals surface area contributed by atoms with Gasteiger partial charge in [-0.1, -0.05) is 16.8 Å². The van der Waals surface area contributed by atoms with E-state index in [0.717, 1.165) is 10.2 Å². The van der Waals surface area contributed by atoms with E-state index in [1.807, 2.05) is 18.2 Å². The lowest BCUT2D eigenvalue weighted by molar-refractivity contribution is 0.388. The van der Waals surface area contributed by atoms with Gasteiger partial charge in [-0.3, -0.25) is 0 Å². The van der Waals surface area contributed by atoms with Crippen LogP contribution in [0.3, 0.4) is 0 Å². The summed E-state index contributed by atoms with van der Waals surface area (Å²) in [6.45, 7) is 2.28. The Labute approximate surface area is 106 Å². The minimum absolute atomic E-state index is 0.519. The Kier molecular flexibility index (Phi) is 3.46. The van der Waals surface area contributed by atoms with Crippen molar-refractivity contribution in [1.82, 2.24) is 10.1 Å². The first-order chi connectivity index (χ1) is 7.65. The van der Waals surface area contributed by atoms with Crippen molar-refractivity contribution in [2.75, 3.05) is 5.32 Å². The molecular weight excluding hydrogens is 293 g/mol. The van der Waals surface area contributed by atoms with Crippen molar-refractivity contribution in [1.29, 1.82) is 0 Å². The summed E-state index contributed by atoms with van der Waals surface area (Å²) < 4.78 is 5.71. The molecule has 1 heterocycles. The average Bonchev–Trinajstić information content (AvgIpc) is 2.66. The number of nitrogens with zero attached hydrogens (tertiary/aromatic N) is 2. The van der Waals surface area contributed by atoms with Crippen molar-refractivity contribution in [3.63, 3.8) is 0 Å². The highest BCUT2D eigenvalue weighted by atomic mass is 79.9. The van der Waals surface area contributed by atoms with Gasteiger partial charge in [0.05, 0.1) is 11.6 Å². The molecule has 0 spiro atoms. The number of hydrogen-bond acceptors (Lipinski definition) is 4. The van der Waals surface area contributed by atoms with Gasteiger partial charge < -0.3 is 9.84 Å². The third-order valence-corrected chi connectivity index (χ3v) is 3.15. The number of rotatable bonds is 3. The maximum atomic E-state index is 5.89. The summed E-state index contributed by atoms with van der Waals surface area (Å²) in [4.78, 5) is 4.09. The normalized spacial score (nSPS) is 10.4. The molecule has 1 aromatic carbocycles. The highest BCUT2D eigenvalue weighted by Crippen LogP contribution is 2.25. The van der Waals surface area contributed by atoms with Gasteiger partial charge in [0.1, 0.15) is 0 Å². The van der Waals surface area contributed by atoms with Crippen LogP contribution in [0, 0.1) is 6.92 Å². The first kappa shape index (κ1) is 11.4. The minimum Gasteiger partial charge on any atom is -0.378 e.